The minimum atomic E-state index is -0.215. The third-order valence-corrected chi connectivity index (χ3v) is 3.21. The molecule has 0 amide bonds. The van der Waals surface area contributed by atoms with Crippen LogP contribution in [0.15, 0.2) is 65.8 Å². The first kappa shape index (κ1) is 13.4. The molecule has 0 fully saturated rings. The fourth-order valence-electron chi connectivity index (χ4n) is 2.11. The summed E-state index contributed by atoms with van der Waals surface area (Å²) in [4.78, 5) is 17.5. The predicted molar refractivity (Wildman–Crippen MR) is 79.6 cm³/mol. The summed E-state index contributed by atoms with van der Waals surface area (Å²) in [5.74, 6) is 0.696. The highest BCUT2D eigenvalue weighted by molar-refractivity contribution is 6.46. The van der Waals surface area contributed by atoms with E-state index in [9.17, 15) is 4.79 Å². The van der Waals surface area contributed by atoms with Crippen molar-refractivity contribution in [2.45, 2.75) is 12.5 Å². The first-order valence-electron chi connectivity index (χ1n) is 6.83. The van der Waals surface area contributed by atoms with Crippen molar-refractivity contribution in [2.24, 2.45) is 5.16 Å². The first-order valence-corrected chi connectivity index (χ1v) is 6.83. The maximum absolute atomic E-state index is 12.2. The van der Waals surface area contributed by atoms with Gasteiger partial charge in [0.05, 0.1) is 0 Å². The number of rotatable bonds is 5. The zero-order valence-corrected chi connectivity index (χ0v) is 11.4. The van der Waals surface area contributed by atoms with Crippen LogP contribution in [0.1, 0.15) is 16.8 Å². The quantitative estimate of drug-likeness (QED) is 0.791. The smallest absolute Gasteiger partial charge is 0.210 e. The van der Waals surface area contributed by atoms with Gasteiger partial charge in [-0.1, -0.05) is 53.7 Å². The van der Waals surface area contributed by atoms with E-state index in [1.807, 2.05) is 48.5 Å². The topological polar surface area (TPSA) is 47.9 Å². The zero-order valence-electron chi connectivity index (χ0n) is 11.4. The maximum Gasteiger partial charge on any atom is 0.210 e. The van der Waals surface area contributed by atoms with Crippen molar-refractivity contribution in [3.05, 3.63) is 66.2 Å². The van der Waals surface area contributed by atoms with E-state index < -0.39 is 0 Å². The third kappa shape index (κ3) is 3.28. The second kappa shape index (κ2) is 6.22. The Morgan fingerprint density at radius 1 is 1.10 bits per heavy atom. The summed E-state index contributed by atoms with van der Waals surface area (Å²) >= 11 is 0. The highest BCUT2D eigenvalue weighted by Gasteiger charge is 2.27. The van der Waals surface area contributed by atoms with Gasteiger partial charge in [-0.05, 0) is 12.1 Å². The molecule has 0 spiro atoms. The van der Waals surface area contributed by atoms with Gasteiger partial charge in [0.15, 0.2) is 6.10 Å². The van der Waals surface area contributed by atoms with Gasteiger partial charge in [0, 0.05) is 12.0 Å². The van der Waals surface area contributed by atoms with E-state index in [2.05, 4.69) is 5.16 Å². The lowest BCUT2D eigenvalue weighted by Gasteiger charge is -2.10. The molecule has 4 nitrogen and oxygen atoms in total. The summed E-state index contributed by atoms with van der Waals surface area (Å²) in [6.07, 6.45) is 0.258. The van der Waals surface area contributed by atoms with Gasteiger partial charge >= 0.3 is 0 Å². The second-order valence-corrected chi connectivity index (χ2v) is 4.79. The molecule has 0 aliphatic carbocycles. The van der Waals surface area contributed by atoms with Crippen LogP contribution in [-0.4, -0.2) is 24.2 Å². The van der Waals surface area contributed by atoms with E-state index >= 15 is 0 Å². The predicted octanol–water partition coefficient (Wildman–Crippen LogP) is 3.09. The summed E-state index contributed by atoms with van der Waals surface area (Å²) in [7, 11) is 0. The molecule has 106 valence electrons. The Balaban J connectivity index is 1.54. The van der Waals surface area contributed by atoms with Gasteiger partial charge in [-0.3, -0.25) is 4.79 Å². The van der Waals surface area contributed by atoms with Gasteiger partial charge in [-0.15, -0.1) is 0 Å². The van der Waals surface area contributed by atoms with Gasteiger partial charge < -0.3 is 9.57 Å². The summed E-state index contributed by atoms with van der Waals surface area (Å²) in [5, 5.41) is 3.89. The van der Waals surface area contributed by atoms with Crippen LogP contribution < -0.4 is 4.74 Å². The third-order valence-electron chi connectivity index (χ3n) is 3.21. The van der Waals surface area contributed by atoms with Crippen molar-refractivity contribution in [1.82, 2.24) is 0 Å². The molecule has 1 aliphatic heterocycles. The van der Waals surface area contributed by atoms with Crippen LogP contribution in [0.5, 0.6) is 5.75 Å². The van der Waals surface area contributed by atoms with Gasteiger partial charge in [0.2, 0.25) is 5.78 Å². The highest BCUT2D eigenvalue weighted by Crippen LogP contribution is 2.16. The fourth-order valence-corrected chi connectivity index (χ4v) is 2.11. The number of oxime groups is 1. The van der Waals surface area contributed by atoms with Crippen molar-refractivity contribution < 1.29 is 14.4 Å². The number of hydrogen-bond donors (Lipinski definition) is 0. The van der Waals surface area contributed by atoms with Crippen LogP contribution in [0, 0.1) is 0 Å². The van der Waals surface area contributed by atoms with E-state index in [1.165, 1.54) is 0 Å². The summed E-state index contributed by atoms with van der Waals surface area (Å²) in [6, 6.07) is 18.6. The minimum absolute atomic E-state index is 0.0854. The van der Waals surface area contributed by atoms with Crippen molar-refractivity contribution in [2.75, 3.05) is 6.61 Å². The molecule has 0 radical (unpaired) electrons. The maximum atomic E-state index is 12.2. The number of ether oxygens (including phenoxy) is 1. The molecule has 0 aromatic heterocycles. The molecule has 1 aliphatic rings. The Morgan fingerprint density at radius 3 is 2.48 bits per heavy atom. The normalized spacial score (nSPS) is 17.0. The van der Waals surface area contributed by atoms with E-state index in [0.717, 1.165) is 5.75 Å². The van der Waals surface area contributed by atoms with E-state index in [4.69, 9.17) is 9.57 Å². The largest absolute Gasteiger partial charge is 0.490 e. The molecule has 3 rings (SSSR count). The molecule has 1 heterocycles. The van der Waals surface area contributed by atoms with Crippen LogP contribution in [-0.2, 0) is 4.84 Å². The van der Waals surface area contributed by atoms with Gasteiger partial charge in [0.25, 0.3) is 0 Å². The van der Waals surface area contributed by atoms with Gasteiger partial charge in [-0.25, -0.2) is 0 Å². The van der Waals surface area contributed by atoms with E-state index in [-0.39, 0.29) is 11.9 Å². The van der Waals surface area contributed by atoms with Crippen molar-refractivity contribution in [3.8, 4) is 5.75 Å². The number of nitrogens with zero attached hydrogens (tertiary/aromatic N) is 1. The molecule has 1 atom stereocenters. The van der Waals surface area contributed by atoms with Gasteiger partial charge in [-0.2, -0.15) is 0 Å². The molecular weight excluding hydrogens is 266 g/mol. The zero-order chi connectivity index (χ0) is 14.5. The highest BCUT2D eigenvalue weighted by atomic mass is 16.7. The number of Topliss-reactive ketones (excluding diaryl/α,β-unsaturated/α-hetero) is 1. The number of benzene rings is 2. The number of carbonyl (C=O) groups excluding carboxylic acids is 1. The Morgan fingerprint density at radius 2 is 1.76 bits per heavy atom. The van der Waals surface area contributed by atoms with E-state index in [1.54, 1.807) is 12.1 Å². The first-order chi connectivity index (χ1) is 10.3. The fraction of sp³-hybridized carbons (Fsp3) is 0.176. The van der Waals surface area contributed by atoms with E-state index in [0.29, 0.717) is 24.3 Å². The second-order valence-electron chi connectivity index (χ2n) is 4.79. The summed E-state index contributed by atoms with van der Waals surface area (Å²) < 4.78 is 5.61. The molecule has 2 aromatic rings. The molecule has 2 aromatic carbocycles. The Labute approximate surface area is 123 Å². The molecular formula is C17H15NO3. The Hall–Kier alpha value is -2.62. The number of para-hydroxylation sites is 1. The average Bonchev–Trinajstić information content (AvgIpc) is 3.03. The van der Waals surface area contributed by atoms with Crippen LogP contribution in [0.2, 0.25) is 0 Å². The van der Waals surface area contributed by atoms with Crippen LogP contribution in [0.25, 0.3) is 0 Å². The molecule has 0 saturated carbocycles. The SMILES string of the molecule is O=C(C1=NOC(COc2ccccc2)C1)c1ccccc1. The van der Waals surface area contributed by atoms with Crippen molar-refractivity contribution >= 4 is 11.5 Å². The van der Waals surface area contributed by atoms with Crippen LogP contribution in [0.4, 0.5) is 0 Å². The lowest BCUT2D eigenvalue weighted by Crippen LogP contribution is -2.21. The van der Waals surface area contributed by atoms with Gasteiger partial charge in [0.1, 0.15) is 18.1 Å². The summed E-state index contributed by atoms with van der Waals surface area (Å²) in [6.45, 7) is 0.374. The number of hydrogen-bond acceptors (Lipinski definition) is 4. The Bertz CT molecular complexity index is 638. The number of carbonyl (C=O) groups is 1. The standard InChI is InChI=1S/C17H15NO3/c19-17(13-7-3-1-4-8-13)16-11-15(21-18-16)12-20-14-9-5-2-6-10-14/h1-10,15H,11-12H2. The van der Waals surface area contributed by atoms with Crippen molar-refractivity contribution in [1.29, 1.82) is 0 Å². The summed E-state index contributed by atoms with van der Waals surface area (Å²) in [5.41, 5.74) is 1.08. The lowest BCUT2D eigenvalue weighted by molar-refractivity contribution is 0.0471. The molecule has 0 N–H and O–H groups in total. The minimum Gasteiger partial charge on any atom is -0.490 e. The molecule has 4 heteroatoms. The molecule has 0 saturated heterocycles. The molecule has 0 bridgehead atoms. The van der Waals surface area contributed by atoms with Crippen molar-refractivity contribution in [3.63, 3.8) is 0 Å². The molecule has 21 heavy (non-hydrogen) atoms. The lowest BCUT2D eigenvalue weighted by atomic mass is 10.0. The molecule has 1 unspecified atom stereocenters. The monoisotopic (exact) mass is 281 g/mol. The number of ketones is 1. The average molecular weight is 281 g/mol. The van der Waals surface area contributed by atoms with Crippen LogP contribution in [0.3, 0.4) is 0 Å². The van der Waals surface area contributed by atoms with Crippen LogP contribution >= 0.6 is 0 Å². The Kier molecular flexibility index (Phi) is 3.96.